The van der Waals surface area contributed by atoms with Gasteiger partial charge in [0.15, 0.2) is 5.78 Å². The van der Waals surface area contributed by atoms with Crippen molar-refractivity contribution in [1.82, 2.24) is 4.90 Å². The predicted octanol–water partition coefficient (Wildman–Crippen LogP) is 3.78. The number of ketones is 1. The fraction of sp³-hybridized carbons (Fsp3) is 0.588. The number of benzene rings is 1. The molecule has 1 aromatic carbocycles. The average molecular weight is 257 g/mol. The standard InChI is InChI=1S/C17H23NO/c1-12-5-3-4-6-17(12)18-10-15-8-7-14(13(2)19)9-16(15)11-18/h7-9,12,17H,3-6,10-11H2,1-2H3. The highest BCUT2D eigenvalue weighted by molar-refractivity contribution is 5.94. The van der Waals surface area contributed by atoms with Crippen molar-refractivity contribution in [2.75, 3.05) is 0 Å². The molecule has 0 aromatic heterocycles. The van der Waals surface area contributed by atoms with Crippen LogP contribution in [0.15, 0.2) is 18.2 Å². The lowest BCUT2D eigenvalue weighted by Crippen LogP contribution is -2.38. The maximum Gasteiger partial charge on any atom is 0.159 e. The molecular formula is C17H23NO. The molecule has 1 fully saturated rings. The number of hydrogen-bond donors (Lipinski definition) is 0. The van der Waals surface area contributed by atoms with Crippen molar-refractivity contribution >= 4 is 5.78 Å². The van der Waals surface area contributed by atoms with E-state index < -0.39 is 0 Å². The number of fused-ring (bicyclic) bond motifs is 1. The van der Waals surface area contributed by atoms with Gasteiger partial charge in [-0.05, 0) is 42.9 Å². The van der Waals surface area contributed by atoms with Gasteiger partial charge in [-0.15, -0.1) is 0 Å². The van der Waals surface area contributed by atoms with E-state index in [1.807, 2.05) is 6.07 Å². The third-order valence-corrected chi connectivity index (χ3v) is 4.89. The van der Waals surface area contributed by atoms with E-state index in [9.17, 15) is 4.79 Å². The summed E-state index contributed by atoms with van der Waals surface area (Å²) in [5, 5.41) is 0. The Morgan fingerprint density at radius 1 is 1.16 bits per heavy atom. The fourth-order valence-corrected chi connectivity index (χ4v) is 3.71. The van der Waals surface area contributed by atoms with Crippen LogP contribution in [0.25, 0.3) is 0 Å². The minimum atomic E-state index is 0.173. The van der Waals surface area contributed by atoms with E-state index in [2.05, 4.69) is 24.0 Å². The van der Waals surface area contributed by atoms with Gasteiger partial charge in [0.1, 0.15) is 0 Å². The van der Waals surface area contributed by atoms with Gasteiger partial charge < -0.3 is 0 Å². The van der Waals surface area contributed by atoms with Crippen molar-refractivity contribution < 1.29 is 4.79 Å². The minimum absolute atomic E-state index is 0.173. The summed E-state index contributed by atoms with van der Waals surface area (Å²) in [5.74, 6) is 0.989. The molecule has 1 aliphatic heterocycles. The summed E-state index contributed by atoms with van der Waals surface area (Å²) in [5.41, 5.74) is 3.64. The highest BCUT2D eigenvalue weighted by atomic mass is 16.1. The van der Waals surface area contributed by atoms with Crippen molar-refractivity contribution in [3.05, 3.63) is 34.9 Å². The summed E-state index contributed by atoms with van der Waals surface area (Å²) < 4.78 is 0. The summed E-state index contributed by atoms with van der Waals surface area (Å²) in [4.78, 5) is 14.1. The van der Waals surface area contributed by atoms with Crippen LogP contribution in [0.3, 0.4) is 0 Å². The molecule has 0 amide bonds. The molecule has 1 heterocycles. The highest BCUT2D eigenvalue weighted by Gasteiger charge is 2.31. The SMILES string of the molecule is CC(=O)c1ccc2c(c1)CN(C1CCCCC1C)C2. The molecule has 2 atom stereocenters. The number of Topliss-reactive ketones (excluding diaryl/α,β-unsaturated/α-hetero) is 1. The maximum absolute atomic E-state index is 11.5. The lowest BCUT2D eigenvalue weighted by molar-refractivity contribution is 0.101. The molecule has 3 rings (SSSR count). The lowest BCUT2D eigenvalue weighted by atomic mass is 9.85. The van der Waals surface area contributed by atoms with Gasteiger partial charge in [0.05, 0.1) is 0 Å². The molecule has 0 bridgehead atoms. The number of carbonyl (C=O) groups excluding carboxylic acids is 1. The van der Waals surface area contributed by atoms with E-state index in [0.717, 1.165) is 30.6 Å². The van der Waals surface area contributed by atoms with Crippen LogP contribution in [-0.4, -0.2) is 16.7 Å². The quantitative estimate of drug-likeness (QED) is 0.751. The van der Waals surface area contributed by atoms with E-state index >= 15 is 0 Å². The van der Waals surface area contributed by atoms with Gasteiger partial charge >= 0.3 is 0 Å². The van der Waals surface area contributed by atoms with E-state index in [4.69, 9.17) is 0 Å². The zero-order chi connectivity index (χ0) is 13.4. The lowest BCUT2D eigenvalue weighted by Gasteiger charge is -2.36. The van der Waals surface area contributed by atoms with Crippen molar-refractivity contribution in [2.45, 2.75) is 58.7 Å². The largest absolute Gasteiger partial charge is 0.295 e. The summed E-state index contributed by atoms with van der Waals surface area (Å²) >= 11 is 0. The molecule has 1 saturated carbocycles. The molecular weight excluding hydrogens is 234 g/mol. The number of nitrogens with zero attached hydrogens (tertiary/aromatic N) is 1. The zero-order valence-corrected chi connectivity index (χ0v) is 12.0. The van der Waals surface area contributed by atoms with Gasteiger partial charge in [0.25, 0.3) is 0 Å². The molecule has 2 nitrogen and oxygen atoms in total. The van der Waals surface area contributed by atoms with Crippen LogP contribution in [0.4, 0.5) is 0 Å². The summed E-state index contributed by atoms with van der Waals surface area (Å²) in [6.07, 6.45) is 5.48. The highest BCUT2D eigenvalue weighted by Crippen LogP contribution is 2.34. The first-order chi connectivity index (χ1) is 9.15. The van der Waals surface area contributed by atoms with Gasteiger partial charge in [0.2, 0.25) is 0 Å². The van der Waals surface area contributed by atoms with Crippen LogP contribution in [0.2, 0.25) is 0 Å². The van der Waals surface area contributed by atoms with E-state index in [1.54, 1.807) is 6.92 Å². The summed E-state index contributed by atoms with van der Waals surface area (Å²) in [6.45, 7) is 6.15. The Bertz CT molecular complexity index is 494. The van der Waals surface area contributed by atoms with Crippen molar-refractivity contribution in [3.63, 3.8) is 0 Å². The first-order valence-corrected chi connectivity index (χ1v) is 7.52. The molecule has 0 radical (unpaired) electrons. The van der Waals surface area contributed by atoms with Gasteiger partial charge in [-0.3, -0.25) is 9.69 Å². The fourth-order valence-electron chi connectivity index (χ4n) is 3.71. The Morgan fingerprint density at radius 2 is 1.89 bits per heavy atom. The van der Waals surface area contributed by atoms with Gasteiger partial charge in [-0.25, -0.2) is 0 Å². The number of hydrogen-bond acceptors (Lipinski definition) is 2. The van der Waals surface area contributed by atoms with E-state index in [0.29, 0.717) is 0 Å². The maximum atomic E-state index is 11.5. The Hall–Kier alpha value is -1.15. The van der Waals surface area contributed by atoms with Crippen LogP contribution >= 0.6 is 0 Å². The van der Waals surface area contributed by atoms with Crippen molar-refractivity contribution in [1.29, 1.82) is 0 Å². The monoisotopic (exact) mass is 257 g/mol. The van der Waals surface area contributed by atoms with Crippen LogP contribution in [-0.2, 0) is 13.1 Å². The van der Waals surface area contributed by atoms with Crippen molar-refractivity contribution in [3.8, 4) is 0 Å². The topological polar surface area (TPSA) is 20.3 Å². The van der Waals surface area contributed by atoms with Gasteiger partial charge in [0, 0.05) is 24.7 Å². The molecule has 19 heavy (non-hydrogen) atoms. The molecule has 102 valence electrons. The molecule has 0 saturated heterocycles. The Labute approximate surface area is 115 Å². The van der Waals surface area contributed by atoms with Crippen LogP contribution in [0, 0.1) is 5.92 Å². The summed E-state index contributed by atoms with van der Waals surface area (Å²) in [7, 11) is 0. The van der Waals surface area contributed by atoms with E-state index in [1.165, 1.54) is 36.8 Å². The normalized spacial score (nSPS) is 27.3. The molecule has 1 aliphatic carbocycles. The molecule has 0 spiro atoms. The molecule has 0 N–H and O–H groups in total. The Morgan fingerprint density at radius 3 is 2.63 bits per heavy atom. The van der Waals surface area contributed by atoms with Gasteiger partial charge in [-0.2, -0.15) is 0 Å². The molecule has 1 aromatic rings. The second-order valence-electron chi connectivity index (χ2n) is 6.27. The van der Waals surface area contributed by atoms with Crippen LogP contribution in [0.5, 0.6) is 0 Å². The molecule has 2 aliphatic rings. The minimum Gasteiger partial charge on any atom is -0.295 e. The zero-order valence-electron chi connectivity index (χ0n) is 12.0. The second kappa shape index (κ2) is 5.09. The van der Waals surface area contributed by atoms with Crippen molar-refractivity contribution in [2.24, 2.45) is 5.92 Å². The third kappa shape index (κ3) is 2.46. The summed E-state index contributed by atoms with van der Waals surface area (Å²) in [6, 6.07) is 6.97. The number of carbonyl (C=O) groups is 1. The third-order valence-electron chi connectivity index (χ3n) is 4.89. The Kier molecular flexibility index (Phi) is 3.44. The molecule has 2 unspecified atom stereocenters. The predicted molar refractivity (Wildman–Crippen MR) is 77.1 cm³/mol. The molecule has 2 heteroatoms. The first-order valence-electron chi connectivity index (χ1n) is 7.52. The first kappa shape index (κ1) is 12.9. The van der Waals surface area contributed by atoms with Crippen LogP contribution < -0.4 is 0 Å². The number of rotatable bonds is 2. The second-order valence-corrected chi connectivity index (χ2v) is 6.27. The smallest absolute Gasteiger partial charge is 0.159 e. The Balaban J connectivity index is 1.78. The van der Waals surface area contributed by atoms with Gasteiger partial charge in [-0.1, -0.05) is 31.9 Å². The van der Waals surface area contributed by atoms with E-state index in [-0.39, 0.29) is 5.78 Å². The van der Waals surface area contributed by atoms with Crippen LogP contribution in [0.1, 0.15) is 61.0 Å². The average Bonchev–Trinajstić information content (AvgIpc) is 2.81.